The molecule has 0 aliphatic carbocycles. The Labute approximate surface area is 193 Å². The summed E-state index contributed by atoms with van der Waals surface area (Å²) in [6.45, 7) is 3.26. The Kier molecular flexibility index (Phi) is 7.22. The summed E-state index contributed by atoms with van der Waals surface area (Å²) in [6, 6.07) is 23.8. The van der Waals surface area contributed by atoms with Crippen molar-refractivity contribution in [3.63, 3.8) is 0 Å². The lowest BCUT2D eigenvalue weighted by Gasteiger charge is -2.25. The van der Waals surface area contributed by atoms with E-state index in [1.165, 1.54) is 0 Å². The molecule has 0 aromatic heterocycles. The van der Waals surface area contributed by atoms with Gasteiger partial charge in [0.25, 0.3) is 0 Å². The number of urea groups is 1. The van der Waals surface area contributed by atoms with Crippen molar-refractivity contribution in [2.24, 2.45) is 0 Å². The van der Waals surface area contributed by atoms with Crippen LogP contribution in [0.5, 0.6) is 11.5 Å². The quantitative estimate of drug-likeness (QED) is 0.473. The minimum atomic E-state index is -0.0794. The highest BCUT2D eigenvalue weighted by Crippen LogP contribution is 2.41. The summed E-state index contributed by atoms with van der Waals surface area (Å²) in [7, 11) is 1.64. The molecule has 0 radical (unpaired) electrons. The van der Waals surface area contributed by atoms with E-state index in [-0.39, 0.29) is 11.4 Å². The monoisotopic (exact) mass is 448 g/mol. The zero-order chi connectivity index (χ0) is 22.3. The van der Waals surface area contributed by atoms with Crippen LogP contribution in [0.25, 0.3) is 0 Å². The standard InChI is InChI=1S/C26H28N2O3S/c1-3-20-11-7-8-12-22(20)27-26(29)28-15-16-32-25(28)21-13-14-23(24(17-21)30-2)31-18-19-9-5-4-6-10-19/h4-14,17,25H,3,15-16,18H2,1-2H3,(H,27,29). The second kappa shape index (κ2) is 10.5. The van der Waals surface area contributed by atoms with E-state index in [1.54, 1.807) is 18.9 Å². The van der Waals surface area contributed by atoms with E-state index in [0.717, 1.165) is 34.6 Å². The molecule has 1 unspecified atom stereocenters. The van der Waals surface area contributed by atoms with Gasteiger partial charge in [0.05, 0.1) is 7.11 Å². The van der Waals surface area contributed by atoms with Crippen molar-refractivity contribution in [1.29, 1.82) is 0 Å². The number of hydrogen-bond donors (Lipinski definition) is 1. The number of rotatable bonds is 7. The maximum atomic E-state index is 13.1. The molecule has 3 aromatic carbocycles. The fourth-order valence-corrected chi connectivity index (χ4v) is 5.03. The molecule has 1 aliphatic heterocycles. The van der Waals surface area contributed by atoms with Gasteiger partial charge in [0.15, 0.2) is 11.5 Å². The number of carbonyl (C=O) groups is 1. The molecule has 5 nitrogen and oxygen atoms in total. The predicted octanol–water partition coefficient (Wildman–Crippen LogP) is 6.12. The van der Waals surface area contributed by atoms with Crippen molar-refractivity contribution >= 4 is 23.5 Å². The number of methoxy groups -OCH3 is 1. The molecule has 1 atom stereocenters. The molecule has 2 amide bonds. The third-order valence-electron chi connectivity index (χ3n) is 5.50. The maximum absolute atomic E-state index is 13.1. The molecule has 3 aromatic rings. The lowest BCUT2D eigenvalue weighted by molar-refractivity contribution is 0.214. The van der Waals surface area contributed by atoms with Crippen LogP contribution < -0.4 is 14.8 Å². The number of anilines is 1. The fraction of sp³-hybridized carbons (Fsp3) is 0.269. The lowest BCUT2D eigenvalue weighted by atomic mass is 10.1. The van der Waals surface area contributed by atoms with E-state index in [0.29, 0.717) is 24.7 Å². The average Bonchev–Trinajstić information content (AvgIpc) is 3.34. The SMILES string of the molecule is CCc1ccccc1NC(=O)N1CCSC1c1ccc(OCc2ccccc2)c(OC)c1. The topological polar surface area (TPSA) is 50.8 Å². The molecule has 1 saturated heterocycles. The average molecular weight is 449 g/mol. The Morgan fingerprint density at radius 3 is 2.62 bits per heavy atom. The summed E-state index contributed by atoms with van der Waals surface area (Å²) in [5.74, 6) is 2.25. The fourth-order valence-electron chi connectivity index (χ4n) is 3.78. The normalized spacial score (nSPS) is 15.4. The highest BCUT2D eigenvalue weighted by Gasteiger charge is 2.31. The Morgan fingerprint density at radius 1 is 1.06 bits per heavy atom. The van der Waals surface area contributed by atoms with Crippen LogP contribution in [0.4, 0.5) is 10.5 Å². The third-order valence-corrected chi connectivity index (χ3v) is 6.76. The second-order valence-electron chi connectivity index (χ2n) is 7.54. The van der Waals surface area contributed by atoms with Gasteiger partial charge in [-0.05, 0) is 41.3 Å². The van der Waals surface area contributed by atoms with Gasteiger partial charge in [-0.1, -0.05) is 61.5 Å². The number of benzene rings is 3. The van der Waals surface area contributed by atoms with Gasteiger partial charge in [0.1, 0.15) is 12.0 Å². The first-order chi connectivity index (χ1) is 15.7. The number of aryl methyl sites for hydroxylation is 1. The summed E-state index contributed by atoms with van der Waals surface area (Å²) < 4.78 is 11.6. The molecular formula is C26H28N2O3S. The Bertz CT molecular complexity index is 1060. The minimum Gasteiger partial charge on any atom is -0.493 e. The van der Waals surface area contributed by atoms with E-state index in [1.807, 2.05) is 77.7 Å². The van der Waals surface area contributed by atoms with E-state index in [4.69, 9.17) is 9.47 Å². The highest BCUT2D eigenvalue weighted by atomic mass is 32.2. The first kappa shape index (κ1) is 22.1. The number of thioether (sulfide) groups is 1. The van der Waals surface area contributed by atoms with Crippen LogP contribution in [0.3, 0.4) is 0 Å². The zero-order valence-corrected chi connectivity index (χ0v) is 19.2. The van der Waals surface area contributed by atoms with Gasteiger partial charge in [-0.2, -0.15) is 0 Å². The number of nitrogens with zero attached hydrogens (tertiary/aromatic N) is 1. The number of ether oxygens (including phenoxy) is 2. The van der Waals surface area contributed by atoms with Gasteiger partial charge >= 0.3 is 6.03 Å². The third kappa shape index (κ3) is 5.02. The summed E-state index contributed by atoms with van der Waals surface area (Å²) in [4.78, 5) is 15.0. The molecule has 0 bridgehead atoms. The minimum absolute atomic E-state index is 0.0686. The van der Waals surface area contributed by atoms with Crippen molar-refractivity contribution in [3.05, 3.63) is 89.5 Å². The molecule has 166 valence electrons. The lowest BCUT2D eigenvalue weighted by Crippen LogP contribution is -2.34. The molecule has 6 heteroatoms. The van der Waals surface area contributed by atoms with E-state index in [2.05, 4.69) is 12.2 Å². The van der Waals surface area contributed by atoms with Crippen LogP contribution in [0.15, 0.2) is 72.8 Å². The molecule has 1 N–H and O–H groups in total. The summed E-state index contributed by atoms with van der Waals surface area (Å²) in [5, 5.41) is 3.03. The zero-order valence-electron chi connectivity index (χ0n) is 18.4. The number of nitrogens with one attached hydrogen (secondary N) is 1. The number of hydrogen-bond acceptors (Lipinski definition) is 4. The Morgan fingerprint density at radius 2 is 1.84 bits per heavy atom. The molecule has 1 fully saturated rings. The number of amides is 2. The van der Waals surface area contributed by atoms with Crippen molar-refractivity contribution in [3.8, 4) is 11.5 Å². The van der Waals surface area contributed by atoms with E-state index in [9.17, 15) is 4.79 Å². The van der Waals surface area contributed by atoms with Crippen LogP contribution in [-0.4, -0.2) is 30.3 Å². The molecule has 1 aliphatic rings. The van der Waals surface area contributed by atoms with Crippen LogP contribution in [0, 0.1) is 0 Å². The summed E-state index contributed by atoms with van der Waals surface area (Å²) in [6.07, 6.45) is 0.871. The van der Waals surface area contributed by atoms with Gasteiger partial charge in [-0.15, -0.1) is 11.8 Å². The molecule has 32 heavy (non-hydrogen) atoms. The molecule has 1 heterocycles. The van der Waals surface area contributed by atoms with Gasteiger partial charge < -0.3 is 19.7 Å². The Balaban J connectivity index is 1.48. The van der Waals surface area contributed by atoms with Gasteiger partial charge in [0.2, 0.25) is 0 Å². The van der Waals surface area contributed by atoms with Crippen LogP contribution >= 0.6 is 11.8 Å². The largest absolute Gasteiger partial charge is 0.493 e. The molecule has 0 saturated carbocycles. The van der Waals surface area contributed by atoms with E-state index >= 15 is 0 Å². The second-order valence-corrected chi connectivity index (χ2v) is 8.73. The number of para-hydroxylation sites is 1. The van der Waals surface area contributed by atoms with Crippen LogP contribution in [-0.2, 0) is 13.0 Å². The summed E-state index contributed by atoms with van der Waals surface area (Å²) in [5.41, 5.74) is 4.12. The van der Waals surface area contributed by atoms with E-state index < -0.39 is 0 Å². The van der Waals surface area contributed by atoms with Crippen molar-refractivity contribution in [1.82, 2.24) is 4.90 Å². The van der Waals surface area contributed by atoms with Gasteiger partial charge in [-0.3, -0.25) is 0 Å². The first-order valence-electron chi connectivity index (χ1n) is 10.8. The molecule has 0 spiro atoms. The molecule has 4 rings (SSSR count). The van der Waals surface area contributed by atoms with Crippen molar-refractivity contribution in [2.75, 3.05) is 24.7 Å². The van der Waals surface area contributed by atoms with Crippen LogP contribution in [0.2, 0.25) is 0 Å². The highest BCUT2D eigenvalue weighted by molar-refractivity contribution is 7.99. The first-order valence-corrected chi connectivity index (χ1v) is 11.9. The van der Waals surface area contributed by atoms with Gasteiger partial charge in [0, 0.05) is 18.0 Å². The summed E-state index contributed by atoms with van der Waals surface area (Å²) >= 11 is 1.76. The maximum Gasteiger partial charge on any atom is 0.323 e. The number of carbonyl (C=O) groups excluding carboxylic acids is 1. The van der Waals surface area contributed by atoms with Gasteiger partial charge in [-0.25, -0.2) is 4.79 Å². The smallest absolute Gasteiger partial charge is 0.323 e. The van der Waals surface area contributed by atoms with Crippen LogP contribution in [0.1, 0.15) is 29.0 Å². The van der Waals surface area contributed by atoms with Crippen molar-refractivity contribution in [2.45, 2.75) is 25.3 Å². The molecular weight excluding hydrogens is 420 g/mol. The Hall–Kier alpha value is -3.12. The van der Waals surface area contributed by atoms with Crippen molar-refractivity contribution < 1.29 is 14.3 Å². The predicted molar refractivity (Wildman–Crippen MR) is 131 cm³/mol.